The molecule has 5 aliphatic rings. The number of rotatable bonds is 9. The van der Waals surface area contributed by atoms with Gasteiger partial charge in [0.1, 0.15) is 0 Å². The Bertz CT molecular complexity index is 1490. The van der Waals surface area contributed by atoms with Crippen molar-refractivity contribution < 1.29 is 29.3 Å². The summed E-state index contributed by atoms with van der Waals surface area (Å²) in [4.78, 5) is 25.5. The van der Waals surface area contributed by atoms with Crippen LogP contribution in [0.15, 0.2) is 77.7 Å². The van der Waals surface area contributed by atoms with Crippen molar-refractivity contribution in [1.29, 1.82) is 0 Å². The molecule has 8 rings (SSSR count). The van der Waals surface area contributed by atoms with E-state index in [0.29, 0.717) is 17.9 Å². The zero-order valence-corrected chi connectivity index (χ0v) is 26.0. The SMILES string of the molecule is O=C(Nc1cccc(C2OC(CSc3ccc(C(=O)O)cc3)CC(c3ccc(CO)cc3)O2)c1)NC12CC3CC(CC(C3)C1)C2. The van der Waals surface area contributed by atoms with Gasteiger partial charge < -0.3 is 30.3 Å². The van der Waals surface area contributed by atoms with Gasteiger partial charge in [-0.1, -0.05) is 36.4 Å². The van der Waals surface area contributed by atoms with E-state index in [2.05, 4.69) is 10.6 Å². The van der Waals surface area contributed by atoms with Crippen LogP contribution < -0.4 is 10.6 Å². The summed E-state index contributed by atoms with van der Waals surface area (Å²) in [7, 11) is 0. The second kappa shape index (κ2) is 12.8. The molecule has 236 valence electrons. The minimum atomic E-state index is -0.945. The van der Waals surface area contributed by atoms with Gasteiger partial charge in [-0.3, -0.25) is 0 Å². The Labute approximate surface area is 267 Å². The monoisotopic (exact) mass is 628 g/mol. The fraction of sp³-hybridized carbons (Fsp3) is 0.444. The average molecular weight is 629 g/mol. The number of carbonyl (C=O) groups excluding carboxylic acids is 1. The normalized spacial score (nSPS) is 30.2. The van der Waals surface area contributed by atoms with Gasteiger partial charge in [0.15, 0.2) is 6.29 Å². The van der Waals surface area contributed by atoms with Crippen LogP contribution in [0.25, 0.3) is 0 Å². The summed E-state index contributed by atoms with van der Waals surface area (Å²) in [5.74, 6) is 1.97. The quantitative estimate of drug-likeness (QED) is 0.184. The molecule has 0 radical (unpaired) electrons. The summed E-state index contributed by atoms with van der Waals surface area (Å²) in [6.07, 6.45) is 6.90. The molecule has 0 spiro atoms. The van der Waals surface area contributed by atoms with Crippen molar-refractivity contribution in [2.75, 3.05) is 11.1 Å². The van der Waals surface area contributed by atoms with Gasteiger partial charge in [0.2, 0.25) is 0 Å². The lowest BCUT2D eigenvalue weighted by Crippen LogP contribution is -2.60. The topological polar surface area (TPSA) is 117 Å². The molecule has 8 nitrogen and oxygen atoms in total. The van der Waals surface area contributed by atoms with Crippen LogP contribution >= 0.6 is 11.8 Å². The van der Waals surface area contributed by atoms with Crippen LogP contribution in [-0.2, 0) is 16.1 Å². The number of carboxylic acid groups (broad SMARTS) is 1. The third-order valence-electron chi connectivity index (χ3n) is 9.99. The third-order valence-corrected chi connectivity index (χ3v) is 11.1. The standard InChI is InChI=1S/C36H40N2O6S/c39-20-22-4-6-26(7-5-22)32-16-30(21-45-31-10-8-27(9-11-31)33(40)41)43-34(44-32)28-2-1-3-29(15-28)37-35(42)38-36-17-23-12-24(18-36)14-25(13-23)19-36/h1-11,15,23-25,30,32,34,39H,12-14,16-21H2,(H,40,41)(H2,37,38,42). The number of anilines is 1. The highest BCUT2D eigenvalue weighted by Crippen LogP contribution is 2.55. The number of aliphatic hydroxyl groups is 1. The van der Waals surface area contributed by atoms with Gasteiger partial charge in [-0.05, 0) is 104 Å². The van der Waals surface area contributed by atoms with Crippen LogP contribution in [0.2, 0.25) is 0 Å². The van der Waals surface area contributed by atoms with Crippen LogP contribution in [0.4, 0.5) is 10.5 Å². The number of nitrogens with one attached hydrogen (secondary N) is 2. The fourth-order valence-corrected chi connectivity index (χ4v) is 9.26. The highest BCUT2D eigenvalue weighted by Gasteiger charge is 2.51. The molecule has 4 saturated carbocycles. The maximum absolute atomic E-state index is 13.3. The van der Waals surface area contributed by atoms with Crippen LogP contribution in [0.3, 0.4) is 0 Å². The van der Waals surface area contributed by atoms with E-state index < -0.39 is 12.3 Å². The molecule has 1 saturated heterocycles. The molecule has 3 aromatic rings. The lowest BCUT2D eigenvalue weighted by atomic mass is 9.53. The second-order valence-corrected chi connectivity index (χ2v) is 14.5. The molecule has 0 aromatic heterocycles. The fourth-order valence-electron chi connectivity index (χ4n) is 8.34. The van der Waals surface area contributed by atoms with E-state index in [9.17, 15) is 19.8 Å². The van der Waals surface area contributed by atoms with Gasteiger partial charge >= 0.3 is 12.0 Å². The van der Waals surface area contributed by atoms with Gasteiger partial charge in [-0.15, -0.1) is 11.8 Å². The van der Waals surface area contributed by atoms with Crippen LogP contribution in [-0.4, -0.2) is 39.6 Å². The molecular formula is C36H40N2O6S. The Morgan fingerprint density at radius 2 is 1.53 bits per heavy atom. The van der Waals surface area contributed by atoms with Crippen molar-refractivity contribution >= 4 is 29.4 Å². The molecule has 5 fully saturated rings. The van der Waals surface area contributed by atoms with Gasteiger partial charge in [-0.25, -0.2) is 9.59 Å². The summed E-state index contributed by atoms with van der Waals surface area (Å²) in [6, 6.07) is 22.2. The molecule has 3 aromatic carbocycles. The van der Waals surface area contributed by atoms with Crippen LogP contribution in [0, 0.1) is 17.8 Å². The molecule has 45 heavy (non-hydrogen) atoms. The number of hydrogen-bond donors (Lipinski definition) is 4. The number of hydrogen-bond acceptors (Lipinski definition) is 6. The molecule has 4 N–H and O–H groups in total. The Morgan fingerprint density at radius 1 is 0.844 bits per heavy atom. The molecule has 3 atom stereocenters. The van der Waals surface area contributed by atoms with Gasteiger partial charge in [0.05, 0.1) is 24.4 Å². The number of aromatic carboxylic acids is 1. The van der Waals surface area contributed by atoms with E-state index in [1.165, 1.54) is 19.3 Å². The van der Waals surface area contributed by atoms with E-state index in [1.54, 1.807) is 23.9 Å². The average Bonchev–Trinajstić information content (AvgIpc) is 3.03. The summed E-state index contributed by atoms with van der Waals surface area (Å²) < 4.78 is 13.0. The van der Waals surface area contributed by atoms with Gasteiger partial charge in [0.25, 0.3) is 0 Å². The first kappa shape index (κ1) is 30.3. The minimum Gasteiger partial charge on any atom is -0.478 e. The van der Waals surface area contributed by atoms with E-state index in [-0.39, 0.29) is 35.9 Å². The van der Waals surface area contributed by atoms with Crippen molar-refractivity contribution in [3.05, 3.63) is 95.1 Å². The van der Waals surface area contributed by atoms with Crippen molar-refractivity contribution in [2.24, 2.45) is 17.8 Å². The number of amides is 2. The number of thioether (sulfide) groups is 1. The smallest absolute Gasteiger partial charge is 0.335 e. The maximum atomic E-state index is 13.3. The molecule has 9 heteroatoms. The lowest BCUT2D eigenvalue weighted by molar-refractivity contribution is -0.245. The Balaban J connectivity index is 1.05. The summed E-state index contributed by atoms with van der Waals surface area (Å²) in [5.41, 5.74) is 3.55. The molecule has 2 amide bonds. The van der Waals surface area contributed by atoms with Crippen molar-refractivity contribution in [2.45, 2.75) is 80.5 Å². The first-order valence-electron chi connectivity index (χ1n) is 16.0. The first-order chi connectivity index (χ1) is 21.8. The van der Waals surface area contributed by atoms with Crippen LogP contribution in [0.1, 0.15) is 84.4 Å². The Morgan fingerprint density at radius 3 is 2.18 bits per heavy atom. The third kappa shape index (κ3) is 6.92. The maximum Gasteiger partial charge on any atom is 0.335 e. The lowest BCUT2D eigenvalue weighted by Gasteiger charge is -2.56. The molecule has 1 heterocycles. The zero-order valence-electron chi connectivity index (χ0n) is 25.2. The van der Waals surface area contributed by atoms with Crippen molar-refractivity contribution in [3.8, 4) is 0 Å². The summed E-state index contributed by atoms with van der Waals surface area (Å²) in [6.45, 7) is -0.0201. The Kier molecular flexibility index (Phi) is 8.61. The Hall–Kier alpha value is -3.37. The predicted octanol–water partition coefficient (Wildman–Crippen LogP) is 7.31. The van der Waals surface area contributed by atoms with E-state index in [1.807, 2.05) is 60.7 Å². The van der Waals surface area contributed by atoms with Crippen LogP contribution in [0.5, 0.6) is 0 Å². The van der Waals surface area contributed by atoms with Crippen molar-refractivity contribution in [1.82, 2.24) is 5.32 Å². The number of ether oxygens (including phenoxy) is 2. The highest BCUT2D eigenvalue weighted by molar-refractivity contribution is 7.99. The van der Waals surface area contributed by atoms with E-state index >= 15 is 0 Å². The number of benzene rings is 3. The number of aliphatic hydroxyl groups excluding tert-OH is 1. The number of carboxylic acids is 1. The van der Waals surface area contributed by atoms with E-state index in [4.69, 9.17) is 9.47 Å². The first-order valence-corrected chi connectivity index (χ1v) is 17.0. The predicted molar refractivity (Wildman–Crippen MR) is 172 cm³/mol. The van der Waals surface area contributed by atoms with Crippen molar-refractivity contribution in [3.63, 3.8) is 0 Å². The minimum absolute atomic E-state index is 0.0201. The number of urea groups is 1. The number of carbonyl (C=O) groups is 2. The summed E-state index contributed by atoms with van der Waals surface area (Å²) in [5, 5.41) is 25.2. The van der Waals surface area contributed by atoms with Gasteiger partial charge in [-0.2, -0.15) is 0 Å². The molecule has 1 aliphatic heterocycles. The molecular weight excluding hydrogens is 588 g/mol. The van der Waals surface area contributed by atoms with Gasteiger partial charge in [0, 0.05) is 33.9 Å². The highest BCUT2D eigenvalue weighted by atomic mass is 32.2. The second-order valence-electron chi connectivity index (χ2n) is 13.4. The molecule has 4 bridgehead atoms. The largest absolute Gasteiger partial charge is 0.478 e. The molecule has 4 aliphatic carbocycles. The summed E-state index contributed by atoms with van der Waals surface area (Å²) >= 11 is 1.61. The van der Waals surface area contributed by atoms with E-state index in [0.717, 1.165) is 58.6 Å². The zero-order chi connectivity index (χ0) is 31.0. The molecule has 3 unspecified atom stereocenters.